The molecule has 0 spiro atoms. The molecule has 3 atom stereocenters. The maximum Gasteiger partial charge on any atom is 0.244 e. The second kappa shape index (κ2) is 6.77. The zero-order valence-electron chi connectivity index (χ0n) is 15.8. The lowest BCUT2D eigenvalue weighted by Gasteiger charge is -2.33. The van der Waals surface area contributed by atoms with E-state index < -0.39 is 12.1 Å². The summed E-state index contributed by atoms with van der Waals surface area (Å²) >= 11 is 0. The van der Waals surface area contributed by atoms with Crippen LogP contribution < -0.4 is 5.73 Å². The number of likely N-dealkylation sites (tertiary alicyclic amines) is 1. The van der Waals surface area contributed by atoms with Crippen molar-refractivity contribution in [2.24, 2.45) is 11.1 Å². The SMILES string of the molecule is CN(C)C(=O)[C@@H]1C[C@@H](OC(C)(C)C)CN1C(=O)[C@@H](N)C(C)(C)C. The quantitative estimate of drug-likeness (QED) is 0.846. The van der Waals surface area contributed by atoms with Gasteiger partial charge < -0.3 is 20.3 Å². The number of likely N-dealkylation sites (N-methyl/N-ethyl adjacent to an activating group) is 1. The van der Waals surface area contributed by atoms with Crippen LogP contribution in [-0.2, 0) is 14.3 Å². The van der Waals surface area contributed by atoms with E-state index in [0.717, 1.165) is 0 Å². The van der Waals surface area contributed by atoms with Crippen LogP contribution in [0.3, 0.4) is 0 Å². The van der Waals surface area contributed by atoms with Crippen LogP contribution in [0.5, 0.6) is 0 Å². The van der Waals surface area contributed by atoms with Crippen molar-refractivity contribution in [1.29, 1.82) is 0 Å². The smallest absolute Gasteiger partial charge is 0.244 e. The first-order valence-corrected chi connectivity index (χ1v) is 8.19. The summed E-state index contributed by atoms with van der Waals surface area (Å²) in [4.78, 5) is 28.4. The van der Waals surface area contributed by atoms with Gasteiger partial charge in [-0.05, 0) is 26.2 Å². The normalized spacial score (nSPS) is 23.8. The zero-order valence-corrected chi connectivity index (χ0v) is 15.8. The Morgan fingerprint density at radius 1 is 1.17 bits per heavy atom. The predicted octanol–water partition coefficient (Wildman–Crippen LogP) is 1.23. The number of carbonyl (C=O) groups is 2. The molecule has 1 heterocycles. The Labute approximate surface area is 140 Å². The number of nitrogens with two attached hydrogens (primary N) is 1. The minimum Gasteiger partial charge on any atom is -0.371 e. The number of ether oxygens (including phenoxy) is 1. The average molecular weight is 327 g/mol. The largest absolute Gasteiger partial charge is 0.371 e. The van der Waals surface area contributed by atoms with Gasteiger partial charge in [-0.25, -0.2) is 0 Å². The number of nitrogens with zero attached hydrogens (tertiary/aromatic N) is 2. The molecule has 2 amide bonds. The van der Waals surface area contributed by atoms with Gasteiger partial charge in [-0.3, -0.25) is 9.59 Å². The summed E-state index contributed by atoms with van der Waals surface area (Å²) in [6.07, 6.45) is 0.358. The second-order valence-electron chi connectivity index (χ2n) is 8.67. The van der Waals surface area contributed by atoms with Crippen LogP contribution >= 0.6 is 0 Å². The number of amides is 2. The zero-order chi connectivity index (χ0) is 18.2. The summed E-state index contributed by atoms with van der Waals surface area (Å²) in [5, 5.41) is 0. The first-order valence-electron chi connectivity index (χ1n) is 8.19. The molecule has 0 aromatic rings. The Morgan fingerprint density at radius 2 is 1.70 bits per heavy atom. The summed E-state index contributed by atoms with van der Waals surface area (Å²) < 4.78 is 6.00. The van der Waals surface area contributed by atoms with Crippen molar-refractivity contribution in [3.05, 3.63) is 0 Å². The summed E-state index contributed by atoms with van der Waals surface area (Å²) in [5.41, 5.74) is 5.46. The van der Waals surface area contributed by atoms with Crippen LogP contribution in [0.4, 0.5) is 0 Å². The molecule has 23 heavy (non-hydrogen) atoms. The number of rotatable bonds is 3. The van der Waals surface area contributed by atoms with E-state index in [0.29, 0.717) is 13.0 Å². The van der Waals surface area contributed by atoms with Crippen LogP contribution in [0.1, 0.15) is 48.0 Å². The molecule has 0 radical (unpaired) electrons. The molecule has 0 bridgehead atoms. The molecular formula is C17H33N3O3. The molecule has 1 rings (SSSR count). The molecule has 2 N–H and O–H groups in total. The van der Waals surface area contributed by atoms with Crippen molar-refractivity contribution in [2.45, 2.75) is 71.8 Å². The highest BCUT2D eigenvalue weighted by Gasteiger charge is 2.44. The van der Waals surface area contributed by atoms with E-state index in [1.165, 1.54) is 4.90 Å². The number of carbonyl (C=O) groups excluding carboxylic acids is 2. The lowest BCUT2D eigenvalue weighted by atomic mass is 9.86. The third kappa shape index (κ3) is 5.18. The number of hydrogen-bond acceptors (Lipinski definition) is 4. The molecule has 0 aliphatic carbocycles. The highest BCUT2D eigenvalue weighted by molar-refractivity contribution is 5.90. The first kappa shape index (κ1) is 19.9. The van der Waals surface area contributed by atoms with Gasteiger partial charge >= 0.3 is 0 Å². The van der Waals surface area contributed by atoms with E-state index in [4.69, 9.17) is 10.5 Å². The van der Waals surface area contributed by atoms with Crippen LogP contribution in [0.2, 0.25) is 0 Å². The Morgan fingerprint density at radius 3 is 2.09 bits per heavy atom. The lowest BCUT2D eigenvalue weighted by Crippen LogP contribution is -2.54. The third-order valence-electron chi connectivity index (χ3n) is 3.99. The molecule has 0 aromatic heterocycles. The van der Waals surface area contributed by atoms with E-state index in [1.54, 1.807) is 19.0 Å². The molecule has 0 unspecified atom stereocenters. The van der Waals surface area contributed by atoms with Gasteiger partial charge in [-0.15, -0.1) is 0 Å². The van der Waals surface area contributed by atoms with Gasteiger partial charge in [0.15, 0.2) is 0 Å². The van der Waals surface area contributed by atoms with E-state index in [2.05, 4.69) is 0 Å². The average Bonchev–Trinajstić information content (AvgIpc) is 2.76. The highest BCUT2D eigenvalue weighted by Crippen LogP contribution is 2.28. The van der Waals surface area contributed by atoms with Crippen molar-refractivity contribution < 1.29 is 14.3 Å². The van der Waals surface area contributed by atoms with Crippen molar-refractivity contribution in [3.63, 3.8) is 0 Å². The van der Waals surface area contributed by atoms with Gasteiger partial charge in [0.25, 0.3) is 0 Å². The molecule has 1 fully saturated rings. The van der Waals surface area contributed by atoms with Crippen LogP contribution in [0.15, 0.2) is 0 Å². The van der Waals surface area contributed by atoms with Crippen LogP contribution in [-0.4, -0.2) is 66.0 Å². The van der Waals surface area contributed by atoms with Crippen molar-refractivity contribution in [3.8, 4) is 0 Å². The van der Waals surface area contributed by atoms with Crippen molar-refractivity contribution in [1.82, 2.24) is 9.80 Å². The Hall–Kier alpha value is -1.14. The van der Waals surface area contributed by atoms with E-state index in [9.17, 15) is 9.59 Å². The molecule has 134 valence electrons. The summed E-state index contributed by atoms with van der Waals surface area (Å²) in [7, 11) is 3.40. The number of hydrogen-bond donors (Lipinski definition) is 1. The van der Waals surface area contributed by atoms with Crippen LogP contribution in [0, 0.1) is 5.41 Å². The van der Waals surface area contributed by atoms with E-state index >= 15 is 0 Å². The Bertz CT molecular complexity index is 449. The van der Waals surface area contributed by atoms with Gasteiger partial charge in [0.2, 0.25) is 11.8 Å². The topological polar surface area (TPSA) is 75.9 Å². The molecule has 1 aliphatic heterocycles. The monoisotopic (exact) mass is 327 g/mol. The van der Waals surface area contributed by atoms with Crippen LogP contribution in [0.25, 0.3) is 0 Å². The fraction of sp³-hybridized carbons (Fsp3) is 0.882. The van der Waals surface area contributed by atoms with Gasteiger partial charge in [0, 0.05) is 27.1 Å². The molecule has 0 aromatic carbocycles. The standard InChI is InChI=1S/C17H33N3O3/c1-16(2,3)13(18)15(22)20-10-11(23-17(4,5)6)9-12(20)14(21)19(7)8/h11-13H,9-10,18H2,1-8H3/t11-,12+,13-/m1/s1. The second-order valence-corrected chi connectivity index (χ2v) is 8.67. The van der Waals surface area contributed by atoms with E-state index in [-0.39, 0.29) is 28.9 Å². The Kier molecular flexibility index (Phi) is 5.86. The maximum atomic E-state index is 12.8. The molecule has 6 nitrogen and oxygen atoms in total. The molecule has 6 heteroatoms. The fourth-order valence-electron chi connectivity index (χ4n) is 2.71. The van der Waals surface area contributed by atoms with Crippen molar-refractivity contribution >= 4 is 11.8 Å². The molecule has 1 aliphatic rings. The minimum atomic E-state index is -0.645. The summed E-state index contributed by atoms with van der Waals surface area (Å²) in [6, 6.07) is -1.15. The summed E-state index contributed by atoms with van der Waals surface area (Å²) in [5.74, 6) is -0.267. The fourth-order valence-corrected chi connectivity index (χ4v) is 2.71. The molecule has 1 saturated heterocycles. The molecule has 0 saturated carbocycles. The lowest BCUT2D eigenvalue weighted by molar-refractivity contribution is -0.144. The van der Waals surface area contributed by atoms with Crippen molar-refractivity contribution in [2.75, 3.05) is 20.6 Å². The molecular weight excluding hydrogens is 294 g/mol. The van der Waals surface area contributed by atoms with Gasteiger partial charge in [-0.1, -0.05) is 20.8 Å². The highest BCUT2D eigenvalue weighted by atomic mass is 16.5. The summed E-state index contributed by atoms with van der Waals surface area (Å²) in [6.45, 7) is 12.1. The Balaban J connectivity index is 3.00. The predicted molar refractivity (Wildman–Crippen MR) is 90.9 cm³/mol. The van der Waals surface area contributed by atoms with Gasteiger partial charge in [-0.2, -0.15) is 0 Å². The van der Waals surface area contributed by atoms with Gasteiger partial charge in [0.05, 0.1) is 17.7 Å². The minimum absolute atomic E-state index is 0.0838. The third-order valence-corrected chi connectivity index (χ3v) is 3.99. The van der Waals surface area contributed by atoms with E-state index in [1.807, 2.05) is 41.5 Å². The first-order chi connectivity index (χ1) is 10.2. The van der Waals surface area contributed by atoms with Gasteiger partial charge in [0.1, 0.15) is 6.04 Å². The maximum absolute atomic E-state index is 12.8.